The molecule has 0 saturated carbocycles. The topological polar surface area (TPSA) is 63.1 Å². The molecule has 0 bridgehead atoms. The Morgan fingerprint density at radius 3 is 3.00 bits per heavy atom. The molecule has 0 radical (unpaired) electrons. The predicted octanol–water partition coefficient (Wildman–Crippen LogP) is 1.77. The van der Waals surface area contributed by atoms with Crippen molar-refractivity contribution in [3.05, 3.63) is 40.1 Å². The molecule has 1 aromatic heterocycles. The Kier molecular flexibility index (Phi) is 4.26. The number of amides is 1. The number of aromatic nitrogens is 3. The third-order valence-electron chi connectivity index (χ3n) is 4.05. The van der Waals surface area contributed by atoms with Crippen molar-refractivity contribution in [2.75, 3.05) is 20.1 Å². The lowest BCUT2D eigenvalue weighted by atomic mass is 10.2. The summed E-state index contributed by atoms with van der Waals surface area (Å²) < 4.78 is 2.65. The van der Waals surface area contributed by atoms with Crippen molar-refractivity contribution < 1.29 is 4.79 Å². The molecule has 0 unspecified atom stereocenters. The molecular formula is C15H18BrN5O. The van der Waals surface area contributed by atoms with Gasteiger partial charge in [-0.05, 0) is 38.1 Å². The molecule has 7 heteroatoms. The van der Waals surface area contributed by atoms with Gasteiger partial charge >= 0.3 is 0 Å². The minimum atomic E-state index is -0.0764. The number of carbonyl (C=O) groups excluding carboxylic acids is 1. The van der Waals surface area contributed by atoms with Crippen molar-refractivity contribution in [2.45, 2.75) is 19.4 Å². The van der Waals surface area contributed by atoms with Gasteiger partial charge in [-0.3, -0.25) is 4.79 Å². The van der Waals surface area contributed by atoms with E-state index in [4.69, 9.17) is 0 Å². The summed E-state index contributed by atoms with van der Waals surface area (Å²) in [5, 5.41) is 11.5. The Morgan fingerprint density at radius 2 is 2.32 bits per heavy atom. The summed E-state index contributed by atoms with van der Waals surface area (Å²) in [6, 6.07) is 7.98. The number of likely N-dealkylation sites (N-methyl/N-ethyl adjacent to an activating group) is 1. The van der Waals surface area contributed by atoms with Crippen LogP contribution in [0.2, 0.25) is 0 Å². The van der Waals surface area contributed by atoms with Crippen molar-refractivity contribution in [3.63, 3.8) is 0 Å². The summed E-state index contributed by atoms with van der Waals surface area (Å²) in [5.74, 6) is -0.0764. The van der Waals surface area contributed by atoms with Crippen LogP contribution in [-0.4, -0.2) is 52.0 Å². The van der Waals surface area contributed by atoms with Gasteiger partial charge in [-0.1, -0.05) is 27.2 Å². The number of halogens is 1. The number of carbonyl (C=O) groups is 1. The molecule has 3 rings (SSSR count). The number of nitrogens with zero attached hydrogens (tertiary/aromatic N) is 4. The van der Waals surface area contributed by atoms with Gasteiger partial charge < -0.3 is 10.2 Å². The van der Waals surface area contributed by atoms with Gasteiger partial charge in [0, 0.05) is 24.1 Å². The van der Waals surface area contributed by atoms with E-state index in [1.165, 1.54) is 0 Å². The predicted molar refractivity (Wildman–Crippen MR) is 87.2 cm³/mol. The zero-order valence-electron chi connectivity index (χ0n) is 12.6. The summed E-state index contributed by atoms with van der Waals surface area (Å²) in [7, 11) is 1.83. The summed E-state index contributed by atoms with van der Waals surface area (Å²) >= 11 is 3.44. The first kappa shape index (κ1) is 15.2. The van der Waals surface area contributed by atoms with Crippen LogP contribution in [0.3, 0.4) is 0 Å². The second-order valence-electron chi connectivity index (χ2n) is 5.48. The van der Waals surface area contributed by atoms with E-state index in [9.17, 15) is 4.79 Å². The van der Waals surface area contributed by atoms with E-state index in [1.807, 2.05) is 38.2 Å². The molecule has 1 aliphatic heterocycles. The third-order valence-corrected chi connectivity index (χ3v) is 4.55. The van der Waals surface area contributed by atoms with Crippen molar-refractivity contribution in [1.82, 2.24) is 25.2 Å². The first-order valence-corrected chi connectivity index (χ1v) is 8.03. The Bertz CT molecular complexity index is 693. The fourth-order valence-corrected chi connectivity index (χ4v) is 3.07. The fraction of sp³-hybridized carbons (Fsp3) is 0.400. The molecule has 116 valence electrons. The van der Waals surface area contributed by atoms with E-state index >= 15 is 0 Å². The molecule has 0 aliphatic carbocycles. The van der Waals surface area contributed by atoms with Crippen LogP contribution in [0.15, 0.2) is 28.7 Å². The minimum Gasteiger partial charge on any atom is -0.336 e. The summed E-state index contributed by atoms with van der Waals surface area (Å²) in [6.07, 6.45) is 0.973. The average molecular weight is 364 g/mol. The lowest BCUT2D eigenvalue weighted by Gasteiger charge is -2.22. The van der Waals surface area contributed by atoms with Crippen molar-refractivity contribution in [3.8, 4) is 5.69 Å². The minimum absolute atomic E-state index is 0.0764. The maximum absolute atomic E-state index is 12.6. The monoisotopic (exact) mass is 363 g/mol. The fourth-order valence-electron chi connectivity index (χ4n) is 2.68. The van der Waals surface area contributed by atoms with Crippen LogP contribution < -0.4 is 5.32 Å². The van der Waals surface area contributed by atoms with Gasteiger partial charge in [0.15, 0.2) is 5.69 Å². The molecule has 1 atom stereocenters. The van der Waals surface area contributed by atoms with Gasteiger partial charge in [0.25, 0.3) is 5.91 Å². The Labute approximate surface area is 137 Å². The van der Waals surface area contributed by atoms with Gasteiger partial charge in [0.05, 0.1) is 11.4 Å². The van der Waals surface area contributed by atoms with Crippen LogP contribution in [0, 0.1) is 6.92 Å². The van der Waals surface area contributed by atoms with Crippen LogP contribution >= 0.6 is 15.9 Å². The molecular weight excluding hydrogens is 346 g/mol. The van der Waals surface area contributed by atoms with E-state index in [2.05, 4.69) is 31.6 Å². The van der Waals surface area contributed by atoms with Crippen LogP contribution in [0.25, 0.3) is 5.69 Å². The van der Waals surface area contributed by atoms with Crippen molar-refractivity contribution in [1.29, 1.82) is 0 Å². The maximum atomic E-state index is 12.6. The van der Waals surface area contributed by atoms with E-state index in [1.54, 1.807) is 9.58 Å². The van der Waals surface area contributed by atoms with E-state index in [0.29, 0.717) is 5.69 Å². The molecule has 1 fully saturated rings. The van der Waals surface area contributed by atoms with Gasteiger partial charge in [-0.15, -0.1) is 5.10 Å². The third kappa shape index (κ3) is 2.78. The Balaban J connectivity index is 1.88. The largest absolute Gasteiger partial charge is 0.336 e. The quantitative estimate of drug-likeness (QED) is 0.902. The maximum Gasteiger partial charge on any atom is 0.276 e. The normalized spacial score (nSPS) is 17.7. The molecule has 1 amide bonds. The number of benzene rings is 1. The first-order chi connectivity index (χ1) is 10.6. The van der Waals surface area contributed by atoms with Crippen LogP contribution in [-0.2, 0) is 0 Å². The molecule has 1 aromatic carbocycles. The van der Waals surface area contributed by atoms with Gasteiger partial charge in [-0.25, -0.2) is 4.68 Å². The van der Waals surface area contributed by atoms with Crippen molar-refractivity contribution in [2.24, 2.45) is 0 Å². The van der Waals surface area contributed by atoms with Crippen LogP contribution in [0.1, 0.15) is 22.6 Å². The molecule has 22 heavy (non-hydrogen) atoms. The zero-order valence-corrected chi connectivity index (χ0v) is 14.2. The Hall–Kier alpha value is -1.73. The highest BCUT2D eigenvalue weighted by Crippen LogP contribution is 2.18. The smallest absolute Gasteiger partial charge is 0.276 e. The van der Waals surface area contributed by atoms with Gasteiger partial charge in [-0.2, -0.15) is 0 Å². The van der Waals surface area contributed by atoms with Crippen LogP contribution in [0.5, 0.6) is 0 Å². The van der Waals surface area contributed by atoms with Gasteiger partial charge in [0.2, 0.25) is 0 Å². The molecule has 2 aromatic rings. The van der Waals surface area contributed by atoms with E-state index < -0.39 is 0 Å². The summed E-state index contributed by atoms with van der Waals surface area (Å²) in [4.78, 5) is 14.4. The van der Waals surface area contributed by atoms with Crippen LogP contribution in [0.4, 0.5) is 0 Å². The van der Waals surface area contributed by atoms with Gasteiger partial charge in [0.1, 0.15) is 0 Å². The lowest BCUT2D eigenvalue weighted by molar-refractivity contribution is 0.0737. The Morgan fingerprint density at radius 1 is 1.50 bits per heavy atom. The van der Waals surface area contributed by atoms with Crippen molar-refractivity contribution >= 4 is 21.8 Å². The highest BCUT2D eigenvalue weighted by atomic mass is 79.9. The van der Waals surface area contributed by atoms with E-state index in [-0.39, 0.29) is 11.9 Å². The lowest BCUT2D eigenvalue weighted by Crippen LogP contribution is -2.38. The number of hydrogen-bond acceptors (Lipinski definition) is 4. The standard InChI is InChI=1S/C15H18BrN5O/c1-10-14(15(22)20(2)13-6-7-17-9-13)18-19-21(10)12-5-3-4-11(16)8-12/h3-5,8,13,17H,6-7,9H2,1-2H3/t13-/m0/s1. The summed E-state index contributed by atoms with van der Waals surface area (Å²) in [6.45, 7) is 3.65. The molecule has 2 heterocycles. The summed E-state index contributed by atoms with van der Waals surface area (Å²) in [5.41, 5.74) is 2.04. The highest BCUT2D eigenvalue weighted by molar-refractivity contribution is 9.10. The number of hydrogen-bond donors (Lipinski definition) is 1. The molecule has 1 aliphatic rings. The second-order valence-corrected chi connectivity index (χ2v) is 6.39. The first-order valence-electron chi connectivity index (χ1n) is 7.24. The molecule has 0 spiro atoms. The molecule has 6 nitrogen and oxygen atoms in total. The van der Waals surface area contributed by atoms with E-state index in [0.717, 1.165) is 35.4 Å². The second kappa shape index (κ2) is 6.18. The SMILES string of the molecule is Cc1c(C(=O)N(C)[C@H]2CCNC2)nnn1-c1cccc(Br)c1. The zero-order chi connectivity index (χ0) is 15.7. The number of rotatable bonds is 3. The number of nitrogens with one attached hydrogen (secondary N) is 1. The molecule has 1 N–H and O–H groups in total. The molecule has 1 saturated heterocycles. The average Bonchev–Trinajstić information content (AvgIpc) is 3.15. The highest BCUT2D eigenvalue weighted by Gasteiger charge is 2.27.